The Morgan fingerprint density at radius 1 is 1.30 bits per heavy atom. The van der Waals surface area contributed by atoms with Gasteiger partial charge in [-0.2, -0.15) is 0 Å². The third-order valence-corrected chi connectivity index (χ3v) is 3.72. The van der Waals surface area contributed by atoms with Crippen LogP contribution in [0.2, 0.25) is 0 Å². The zero-order valence-corrected chi connectivity index (χ0v) is 14.6. The van der Waals surface area contributed by atoms with Crippen molar-refractivity contribution < 1.29 is 29.7 Å². The van der Waals surface area contributed by atoms with Gasteiger partial charge < -0.3 is 40.7 Å². The smallest absolute Gasteiger partial charge is 0.170 e. The molecule has 0 fully saturated rings. The lowest BCUT2D eigenvalue weighted by Crippen LogP contribution is -2.34. The van der Waals surface area contributed by atoms with E-state index in [0.717, 1.165) is 0 Å². The van der Waals surface area contributed by atoms with E-state index >= 15 is 0 Å². The lowest BCUT2D eigenvalue weighted by Gasteiger charge is -2.24. The first kappa shape index (κ1) is 19.9. The Labute approximate surface area is 155 Å². The standard InChI is InChI=1S/C18H21N3O6/c1-26-13-6-7-14(15(10-13)27-9-8-22)16(18(23)24)20-12-4-2-11(3-5-12)17(19)21-25/h2-7,10,16,20,22,25H,8-9H2,1H3,(H2,19,21)(H,23,24)/p-1. The van der Waals surface area contributed by atoms with Gasteiger partial charge in [0.05, 0.1) is 25.7 Å². The van der Waals surface area contributed by atoms with Gasteiger partial charge in [0.1, 0.15) is 18.1 Å². The average Bonchev–Trinajstić information content (AvgIpc) is 2.70. The summed E-state index contributed by atoms with van der Waals surface area (Å²) in [5.41, 5.74) is 6.77. The van der Waals surface area contributed by atoms with E-state index in [1.165, 1.54) is 13.2 Å². The van der Waals surface area contributed by atoms with Crippen LogP contribution in [0, 0.1) is 0 Å². The zero-order valence-electron chi connectivity index (χ0n) is 14.6. The van der Waals surface area contributed by atoms with Crippen LogP contribution in [0.15, 0.2) is 47.6 Å². The lowest BCUT2D eigenvalue weighted by atomic mass is 10.0. The minimum Gasteiger partial charge on any atom is -0.548 e. The van der Waals surface area contributed by atoms with Crippen LogP contribution in [-0.2, 0) is 4.79 Å². The van der Waals surface area contributed by atoms with Crippen LogP contribution in [0.25, 0.3) is 0 Å². The van der Waals surface area contributed by atoms with Crippen LogP contribution in [0.1, 0.15) is 17.2 Å². The van der Waals surface area contributed by atoms with Gasteiger partial charge in [0, 0.05) is 22.9 Å². The SMILES string of the molecule is COc1ccc(C(Nc2ccc(/C(N)=N/O)cc2)C(=O)[O-])c(OCCO)c1. The normalized spacial score (nSPS) is 12.3. The van der Waals surface area contributed by atoms with Crippen LogP contribution in [0.3, 0.4) is 0 Å². The predicted molar refractivity (Wildman–Crippen MR) is 95.9 cm³/mol. The Morgan fingerprint density at radius 3 is 2.56 bits per heavy atom. The number of hydrogen-bond acceptors (Lipinski definition) is 8. The molecule has 0 bridgehead atoms. The minimum atomic E-state index is -1.37. The molecule has 0 aromatic heterocycles. The number of oxime groups is 1. The van der Waals surface area contributed by atoms with Crippen LogP contribution >= 0.6 is 0 Å². The first-order chi connectivity index (χ1) is 13.0. The molecule has 0 amide bonds. The number of aliphatic carboxylic acids is 1. The molecule has 9 heteroatoms. The van der Waals surface area contributed by atoms with Crippen molar-refractivity contribution in [3.05, 3.63) is 53.6 Å². The number of amidine groups is 1. The Hall–Kier alpha value is -3.46. The van der Waals surface area contributed by atoms with Crippen molar-refractivity contribution >= 4 is 17.5 Å². The second kappa shape index (κ2) is 9.30. The highest BCUT2D eigenvalue weighted by Crippen LogP contribution is 2.31. The maximum absolute atomic E-state index is 11.7. The highest BCUT2D eigenvalue weighted by molar-refractivity contribution is 5.97. The lowest BCUT2D eigenvalue weighted by molar-refractivity contribution is -0.307. The Bertz CT molecular complexity index is 807. The summed E-state index contributed by atoms with van der Waals surface area (Å²) >= 11 is 0. The quantitative estimate of drug-likeness (QED) is 0.208. The first-order valence-corrected chi connectivity index (χ1v) is 7.97. The zero-order chi connectivity index (χ0) is 19.8. The molecule has 2 aromatic carbocycles. The number of carbonyl (C=O) groups is 1. The molecule has 5 N–H and O–H groups in total. The van der Waals surface area contributed by atoms with E-state index in [2.05, 4.69) is 10.5 Å². The van der Waals surface area contributed by atoms with Crippen molar-refractivity contribution in [3.63, 3.8) is 0 Å². The Morgan fingerprint density at radius 2 is 2.00 bits per heavy atom. The molecule has 0 aliphatic carbocycles. The van der Waals surface area contributed by atoms with E-state index < -0.39 is 12.0 Å². The number of carboxylic acid groups (broad SMARTS) is 1. The van der Waals surface area contributed by atoms with Crippen LogP contribution in [-0.4, -0.2) is 42.4 Å². The fraction of sp³-hybridized carbons (Fsp3) is 0.222. The summed E-state index contributed by atoms with van der Waals surface area (Å²) in [6.45, 7) is -0.232. The molecule has 0 aliphatic heterocycles. The monoisotopic (exact) mass is 374 g/mol. The van der Waals surface area contributed by atoms with Gasteiger partial charge in [0.15, 0.2) is 5.84 Å². The summed E-state index contributed by atoms with van der Waals surface area (Å²) in [5, 5.41) is 35.1. The number of ether oxygens (including phenoxy) is 2. The van der Waals surface area contributed by atoms with E-state index in [-0.39, 0.29) is 24.8 Å². The maximum atomic E-state index is 11.7. The molecule has 2 rings (SSSR count). The fourth-order valence-corrected chi connectivity index (χ4v) is 2.39. The van der Waals surface area contributed by atoms with Gasteiger partial charge in [0.2, 0.25) is 0 Å². The fourth-order valence-electron chi connectivity index (χ4n) is 2.39. The van der Waals surface area contributed by atoms with Crippen molar-refractivity contribution in [2.45, 2.75) is 6.04 Å². The highest BCUT2D eigenvalue weighted by atomic mass is 16.5. The van der Waals surface area contributed by atoms with E-state index in [1.807, 2.05) is 0 Å². The molecule has 0 radical (unpaired) electrons. The van der Waals surface area contributed by atoms with Gasteiger partial charge in [-0.3, -0.25) is 0 Å². The van der Waals surface area contributed by atoms with Crippen molar-refractivity contribution in [1.29, 1.82) is 0 Å². The Kier molecular flexibility index (Phi) is 6.84. The number of aliphatic hydroxyl groups is 1. The number of methoxy groups -OCH3 is 1. The molecular formula is C18H20N3O6-. The number of rotatable bonds is 9. The number of carbonyl (C=O) groups excluding carboxylic acids is 1. The number of anilines is 1. The number of benzene rings is 2. The van der Waals surface area contributed by atoms with E-state index in [1.54, 1.807) is 36.4 Å². The van der Waals surface area contributed by atoms with Crippen molar-refractivity contribution in [3.8, 4) is 11.5 Å². The highest BCUT2D eigenvalue weighted by Gasteiger charge is 2.19. The summed E-state index contributed by atoms with van der Waals surface area (Å²) in [7, 11) is 1.47. The molecule has 0 saturated carbocycles. The summed E-state index contributed by atoms with van der Waals surface area (Å²) < 4.78 is 10.6. The molecule has 9 nitrogen and oxygen atoms in total. The van der Waals surface area contributed by atoms with E-state index in [9.17, 15) is 9.90 Å². The molecule has 27 heavy (non-hydrogen) atoms. The maximum Gasteiger partial charge on any atom is 0.170 e. The molecule has 144 valence electrons. The molecule has 0 heterocycles. The molecule has 2 aromatic rings. The molecule has 0 saturated heterocycles. The number of nitrogens with zero attached hydrogens (tertiary/aromatic N) is 1. The summed E-state index contributed by atoms with van der Waals surface area (Å²) in [6.07, 6.45) is 0. The largest absolute Gasteiger partial charge is 0.548 e. The molecule has 0 aliphatic rings. The summed E-state index contributed by atoms with van der Waals surface area (Å²) in [6, 6.07) is 9.76. The Balaban J connectivity index is 2.33. The third kappa shape index (κ3) is 5.02. The number of hydrogen-bond donors (Lipinski definition) is 4. The van der Waals surface area contributed by atoms with Crippen LogP contribution in [0.4, 0.5) is 5.69 Å². The second-order valence-corrected chi connectivity index (χ2v) is 5.43. The van der Waals surface area contributed by atoms with E-state index in [4.69, 9.17) is 25.5 Å². The summed E-state index contributed by atoms with van der Waals surface area (Å²) in [5.74, 6) is -0.701. The molecule has 1 unspecified atom stereocenters. The number of carboxylic acids is 1. The average molecular weight is 374 g/mol. The van der Waals surface area contributed by atoms with Gasteiger partial charge in [0.25, 0.3) is 0 Å². The van der Waals surface area contributed by atoms with Crippen LogP contribution in [0.5, 0.6) is 11.5 Å². The van der Waals surface area contributed by atoms with Crippen LogP contribution < -0.4 is 25.6 Å². The number of nitrogens with two attached hydrogens (primary N) is 1. The van der Waals surface area contributed by atoms with Gasteiger partial charge in [-0.15, -0.1) is 0 Å². The number of aliphatic hydroxyl groups excluding tert-OH is 1. The number of nitrogens with one attached hydrogen (secondary N) is 1. The summed E-state index contributed by atoms with van der Waals surface area (Å²) in [4.78, 5) is 11.7. The first-order valence-electron chi connectivity index (χ1n) is 7.97. The van der Waals surface area contributed by atoms with Gasteiger partial charge in [-0.1, -0.05) is 5.16 Å². The van der Waals surface area contributed by atoms with Gasteiger partial charge in [-0.05, 0) is 36.4 Å². The molecule has 0 spiro atoms. The topological polar surface area (TPSA) is 149 Å². The minimum absolute atomic E-state index is 0.00555. The predicted octanol–water partition coefficient (Wildman–Crippen LogP) is 0.0639. The molecule has 1 atom stereocenters. The van der Waals surface area contributed by atoms with Gasteiger partial charge in [-0.25, -0.2) is 0 Å². The molecular weight excluding hydrogens is 354 g/mol. The van der Waals surface area contributed by atoms with Crippen molar-refractivity contribution in [1.82, 2.24) is 0 Å². The van der Waals surface area contributed by atoms with Crippen molar-refractivity contribution in [2.24, 2.45) is 10.9 Å². The van der Waals surface area contributed by atoms with E-state index in [0.29, 0.717) is 22.6 Å². The second-order valence-electron chi connectivity index (χ2n) is 5.43. The third-order valence-electron chi connectivity index (χ3n) is 3.72. The van der Waals surface area contributed by atoms with Gasteiger partial charge >= 0.3 is 0 Å². The van der Waals surface area contributed by atoms with Crippen molar-refractivity contribution in [2.75, 3.05) is 25.6 Å².